The third-order valence-electron chi connectivity index (χ3n) is 4.98. The standard InChI is InChI=1S/C19H26N4O3/c1-14-5-6-18-20-16(12-22(18)10-14)11-21-8-3-4-17(7-9-21)23(15(2)24)13-19(25)26/h5-6,10,12,17H,3-4,7-9,11,13H2,1-2H3,(H,25,26). The maximum atomic E-state index is 11.8. The molecule has 0 aromatic carbocycles. The van der Waals surface area contributed by atoms with Crippen LogP contribution in [-0.2, 0) is 16.1 Å². The predicted octanol–water partition coefficient (Wildman–Crippen LogP) is 1.93. The molecule has 0 spiro atoms. The van der Waals surface area contributed by atoms with E-state index < -0.39 is 5.97 Å². The highest BCUT2D eigenvalue weighted by Gasteiger charge is 2.26. The molecule has 1 amide bonds. The van der Waals surface area contributed by atoms with Crippen molar-refractivity contribution in [1.29, 1.82) is 0 Å². The van der Waals surface area contributed by atoms with Crippen LogP contribution in [0.3, 0.4) is 0 Å². The van der Waals surface area contributed by atoms with Crippen molar-refractivity contribution in [3.63, 3.8) is 0 Å². The largest absolute Gasteiger partial charge is 0.480 e. The number of imidazole rings is 1. The minimum atomic E-state index is -0.957. The summed E-state index contributed by atoms with van der Waals surface area (Å²) in [5.41, 5.74) is 3.17. The Bertz CT molecular complexity index is 801. The monoisotopic (exact) mass is 358 g/mol. The zero-order chi connectivity index (χ0) is 18.7. The number of aromatic nitrogens is 2. The number of hydrogen-bond acceptors (Lipinski definition) is 4. The van der Waals surface area contributed by atoms with Gasteiger partial charge in [-0.2, -0.15) is 0 Å². The lowest BCUT2D eigenvalue weighted by atomic mass is 10.1. The minimum absolute atomic E-state index is 0.00248. The highest BCUT2D eigenvalue weighted by molar-refractivity contribution is 5.79. The highest BCUT2D eigenvalue weighted by Crippen LogP contribution is 2.19. The lowest BCUT2D eigenvalue weighted by Crippen LogP contribution is -2.42. The van der Waals surface area contributed by atoms with Crippen LogP contribution >= 0.6 is 0 Å². The van der Waals surface area contributed by atoms with E-state index >= 15 is 0 Å². The van der Waals surface area contributed by atoms with E-state index in [1.807, 2.05) is 6.07 Å². The van der Waals surface area contributed by atoms with Gasteiger partial charge in [0.15, 0.2) is 0 Å². The van der Waals surface area contributed by atoms with E-state index in [0.717, 1.165) is 50.2 Å². The van der Waals surface area contributed by atoms with Gasteiger partial charge in [0.2, 0.25) is 5.91 Å². The van der Waals surface area contributed by atoms with E-state index in [-0.39, 0.29) is 18.5 Å². The van der Waals surface area contributed by atoms with Crippen molar-refractivity contribution in [2.45, 2.75) is 45.7 Å². The summed E-state index contributed by atoms with van der Waals surface area (Å²) in [5, 5.41) is 9.05. The Morgan fingerprint density at radius 1 is 1.27 bits per heavy atom. The number of fused-ring (bicyclic) bond motifs is 1. The lowest BCUT2D eigenvalue weighted by Gasteiger charge is -2.28. The normalized spacial score (nSPS) is 18.6. The van der Waals surface area contributed by atoms with Crippen molar-refractivity contribution < 1.29 is 14.7 Å². The molecule has 7 nitrogen and oxygen atoms in total. The first-order valence-electron chi connectivity index (χ1n) is 9.08. The van der Waals surface area contributed by atoms with Gasteiger partial charge in [0, 0.05) is 38.4 Å². The molecule has 140 valence electrons. The quantitative estimate of drug-likeness (QED) is 0.884. The molecular formula is C19H26N4O3. The Morgan fingerprint density at radius 3 is 2.81 bits per heavy atom. The topological polar surface area (TPSA) is 78.2 Å². The number of aliphatic carboxylic acids is 1. The Kier molecular flexibility index (Phi) is 5.56. The molecule has 3 rings (SSSR count). The van der Waals surface area contributed by atoms with Gasteiger partial charge in [0.1, 0.15) is 12.2 Å². The highest BCUT2D eigenvalue weighted by atomic mass is 16.4. The summed E-state index contributed by atoms with van der Waals surface area (Å²) in [5.74, 6) is -1.12. The number of aryl methyl sites for hydroxylation is 1. The van der Waals surface area contributed by atoms with Crippen molar-refractivity contribution in [2.24, 2.45) is 0 Å². The summed E-state index contributed by atoms with van der Waals surface area (Å²) in [4.78, 5) is 31.4. The molecule has 26 heavy (non-hydrogen) atoms. The van der Waals surface area contributed by atoms with Crippen LogP contribution in [0, 0.1) is 6.92 Å². The summed E-state index contributed by atoms with van der Waals surface area (Å²) >= 11 is 0. The van der Waals surface area contributed by atoms with Crippen LogP contribution < -0.4 is 0 Å². The SMILES string of the molecule is CC(=O)N(CC(=O)O)C1CCCN(Cc2cn3cc(C)ccc3n2)CC1. The van der Waals surface area contributed by atoms with E-state index in [1.54, 1.807) is 0 Å². The molecule has 1 atom stereocenters. The van der Waals surface area contributed by atoms with Crippen LogP contribution in [0.2, 0.25) is 0 Å². The Balaban J connectivity index is 1.64. The first-order valence-corrected chi connectivity index (χ1v) is 9.08. The van der Waals surface area contributed by atoms with Gasteiger partial charge in [-0.25, -0.2) is 4.98 Å². The molecule has 1 fully saturated rings. The zero-order valence-electron chi connectivity index (χ0n) is 15.4. The average Bonchev–Trinajstić information content (AvgIpc) is 2.81. The molecule has 1 aliphatic rings. The van der Waals surface area contributed by atoms with Gasteiger partial charge < -0.3 is 14.4 Å². The fourth-order valence-corrected chi connectivity index (χ4v) is 3.71. The third kappa shape index (κ3) is 4.40. The van der Waals surface area contributed by atoms with Crippen LogP contribution in [0.1, 0.15) is 37.4 Å². The Hall–Kier alpha value is -2.41. The van der Waals surface area contributed by atoms with Gasteiger partial charge in [0.05, 0.1) is 5.69 Å². The van der Waals surface area contributed by atoms with Gasteiger partial charge >= 0.3 is 5.97 Å². The van der Waals surface area contributed by atoms with Gasteiger partial charge in [-0.15, -0.1) is 0 Å². The van der Waals surface area contributed by atoms with Crippen LogP contribution in [0.15, 0.2) is 24.5 Å². The molecule has 0 aliphatic carbocycles. The van der Waals surface area contributed by atoms with Crippen LogP contribution in [0.25, 0.3) is 5.65 Å². The van der Waals surface area contributed by atoms with E-state index in [2.05, 4.69) is 39.7 Å². The van der Waals surface area contributed by atoms with Crippen molar-refractivity contribution in [3.05, 3.63) is 35.8 Å². The van der Waals surface area contributed by atoms with Gasteiger partial charge in [0.25, 0.3) is 0 Å². The number of hydrogen-bond donors (Lipinski definition) is 1. The first-order chi connectivity index (χ1) is 12.4. The van der Waals surface area contributed by atoms with E-state index in [9.17, 15) is 9.59 Å². The molecule has 2 aromatic heterocycles. The third-order valence-corrected chi connectivity index (χ3v) is 4.98. The van der Waals surface area contributed by atoms with Crippen LogP contribution in [0.5, 0.6) is 0 Å². The number of carbonyl (C=O) groups excluding carboxylic acids is 1. The second kappa shape index (κ2) is 7.86. The molecule has 1 unspecified atom stereocenters. The molecule has 1 N–H and O–H groups in total. The van der Waals surface area contributed by atoms with Crippen LogP contribution in [-0.4, -0.2) is 61.8 Å². The van der Waals surface area contributed by atoms with E-state index in [0.29, 0.717) is 0 Å². The molecule has 3 heterocycles. The van der Waals surface area contributed by atoms with Crippen molar-refractivity contribution in [3.8, 4) is 0 Å². The minimum Gasteiger partial charge on any atom is -0.480 e. The molecule has 1 aliphatic heterocycles. The molecule has 1 saturated heterocycles. The maximum Gasteiger partial charge on any atom is 0.323 e. The average molecular weight is 358 g/mol. The maximum absolute atomic E-state index is 11.8. The fourth-order valence-electron chi connectivity index (χ4n) is 3.71. The summed E-state index contributed by atoms with van der Waals surface area (Å²) in [6, 6.07) is 4.08. The van der Waals surface area contributed by atoms with Gasteiger partial charge in [-0.3, -0.25) is 14.5 Å². The molecular weight excluding hydrogens is 332 g/mol. The molecule has 2 aromatic rings. The number of amides is 1. The summed E-state index contributed by atoms with van der Waals surface area (Å²) in [7, 11) is 0. The van der Waals surface area contributed by atoms with Crippen molar-refractivity contribution >= 4 is 17.5 Å². The number of carbonyl (C=O) groups is 2. The Morgan fingerprint density at radius 2 is 2.08 bits per heavy atom. The fraction of sp³-hybridized carbons (Fsp3) is 0.526. The second-order valence-electron chi connectivity index (χ2n) is 7.11. The van der Waals surface area contributed by atoms with Crippen molar-refractivity contribution in [2.75, 3.05) is 19.6 Å². The summed E-state index contributed by atoms with van der Waals surface area (Å²) < 4.78 is 2.05. The first kappa shape index (κ1) is 18.4. The van der Waals surface area contributed by atoms with Crippen LogP contribution in [0.4, 0.5) is 0 Å². The number of carboxylic acid groups (broad SMARTS) is 1. The van der Waals surface area contributed by atoms with Gasteiger partial charge in [-0.05, 0) is 44.4 Å². The summed E-state index contributed by atoms with van der Waals surface area (Å²) in [6.45, 7) is 5.83. The van der Waals surface area contributed by atoms with E-state index in [4.69, 9.17) is 5.11 Å². The summed E-state index contributed by atoms with van der Waals surface area (Å²) in [6.07, 6.45) is 6.71. The predicted molar refractivity (Wildman–Crippen MR) is 97.9 cm³/mol. The second-order valence-corrected chi connectivity index (χ2v) is 7.11. The zero-order valence-corrected chi connectivity index (χ0v) is 15.4. The lowest BCUT2D eigenvalue weighted by molar-refractivity contribution is -0.145. The number of nitrogens with zero attached hydrogens (tertiary/aromatic N) is 4. The molecule has 7 heteroatoms. The Labute approximate surface area is 153 Å². The molecule has 0 bridgehead atoms. The number of pyridine rings is 1. The molecule has 0 saturated carbocycles. The van der Waals surface area contributed by atoms with Gasteiger partial charge in [-0.1, -0.05) is 6.07 Å². The van der Waals surface area contributed by atoms with E-state index in [1.165, 1.54) is 17.4 Å². The molecule has 0 radical (unpaired) electrons. The smallest absolute Gasteiger partial charge is 0.323 e. The number of rotatable bonds is 5. The number of likely N-dealkylation sites (tertiary alicyclic amines) is 1. The van der Waals surface area contributed by atoms with Crippen molar-refractivity contribution in [1.82, 2.24) is 19.2 Å². The number of carboxylic acids is 1.